The molecule has 2 rings (SSSR count). The third kappa shape index (κ3) is 3.41. The Labute approximate surface area is 128 Å². The third-order valence-corrected chi connectivity index (χ3v) is 3.36. The van der Waals surface area contributed by atoms with Crippen LogP contribution in [-0.2, 0) is 6.18 Å². The van der Waals surface area contributed by atoms with Gasteiger partial charge in [-0.3, -0.25) is 0 Å². The number of nitrogens with zero attached hydrogens (tertiary/aromatic N) is 1. The van der Waals surface area contributed by atoms with Crippen molar-refractivity contribution in [3.05, 3.63) is 57.6 Å². The molecule has 0 atom stereocenters. The van der Waals surface area contributed by atoms with Crippen molar-refractivity contribution in [1.29, 1.82) is 5.26 Å². The molecule has 2 nitrogen and oxygen atoms in total. The maximum atomic E-state index is 12.6. The lowest BCUT2D eigenvalue weighted by molar-refractivity contribution is -0.137. The zero-order valence-electron chi connectivity index (χ0n) is 10.2. The van der Waals surface area contributed by atoms with Gasteiger partial charge in [-0.25, -0.2) is 0 Å². The van der Waals surface area contributed by atoms with E-state index in [1.54, 1.807) is 12.1 Å². The Balaban J connectivity index is 2.42. The van der Waals surface area contributed by atoms with E-state index in [2.05, 4.69) is 0 Å². The Bertz CT molecular complexity index is 723. The molecule has 0 saturated carbocycles. The van der Waals surface area contributed by atoms with Gasteiger partial charge in [0.2, 0.25) is 0 Å². The van der Waals surface area contributed by atoms with Gasteiger partial charge in [0.15, 0.2) is 0 Å². The SMILES string of the molecule is N#Cc1cc(C(F)(F)F)ccc1Oc1cccc(Cl)c1Cl. The smallest absolute Gasteiger partial charge is 0.416 e. The summed E-state index contributed by atoms with van der Waals surface area (Å²) in [5, 5.41) is 9.30. The second-order valence-electron chi connectivity index (χ2n) is 3.97. The summed E-state index contributed by atoms with van der Waals surface area (Å²) in [6.07, 6.45) is -4.53. The molecule has 0 bridgehead atoms. The minimum atomic E-state index is -4.53. The van der Waals surface area contributed by atoms with Gasteiger partial charge in [-0.15, -0.1) is 0 Å². The van der Waals surface area contributed by atoms with Crippen LogP contribution in [0.3, 0.4) is 0 Å². The Morgan fingerprint density at radius 3 is 2.38 bits per heavy atom. The van der Waals surface area contributed by atoms with Crippen molar-refractivity contribution in [2.24, 2.45) is 0 Å². The fraction of sp³-hybridized carbons (Fsp3) is 0.0714. The van der Waals surface area contributed by atoms with E-state index in [9.17, 15) is 13.2 Å². The molecule has 7 heteroatoms. The summed E-state index contributed by atoms with van der Waals surface area (Å²) >= 11 is 11.7. The Morgan fingerprint density at radius 1 is 1.05 bits per heavy atom. The van der Waals surface area contributed by atoms with Gasteiger partial charge in [0.05, 0.1) is 16.1 Å². The fourth-order valence-corrected chi connectivity index (χ4v) is 1.89. The fourth-order valence-electron chi connectivity index (χ4n) is 1.56. The minimum absolute atomic E-state index is 0.0327. The van der Waals surface area contributed by atoms with Crippen LogP contribution < -0.4 is 4.74 Å². The van der Waals surface area contributed by atoms with Gasteiger partial charge in [0.25, 0.3) is 0 Å². The molecule has 0 heterocycles. The van der Waals surface area contributed by atoms with E-state index in [-0.39, 0.29) is 27.1 Å². The van der Waals surface area contributed by atoms with E-state index in [0.29, 0.717) is 6.07 Å². The van der Waals surface area contributed by atoms with Gasteiger partial charge >= 0.3 is 6.18 Å². The molecule has 0 aliphatic carbocycles. The van der Waals surface area contributed by atoms with E-state index in [4.69, 9.17) is 33.2 Å². The highest BCUT2D eigenvalue weighted by Gasteiger charge is 2.31. The molecule has 0 unspecified atom stereocenters. The first kappa shape index (κ1) is 15.5. The van der Waals surface area contributed by atoms with Crippen molar-refractivity contribution in [3.8, 4) is 17.6 Å². The molecular formula is C14H6Cl2F3NO. The van der Waals surface area contributed by atoms with Gasteiger partial charge < -0.3 is 4.74 Å². The van der Waals surface area contributed by atoms with Gasteiger partial charge in [-0.2, -0.15) is 18.4 Å². The first-order chi connectivity index (χ1) is 9.82. The van der Waals surface area contributed by atoms with Crippen LogP contribution in [0.4, 0.5) is 13.2 Å². The predicted octanol–water partition coefficient (Wildman–Crippen LogP) is 5.68. The first-order valence-electron chi connectivity index (χ1n) is 5.56. The molecule has 0 radical (unpaired) electrons. The first-order valence-corrected chi connectivity index (χ1v) is 6.31. The van der Waals surface area contributed by atoms with Crippen LogP contribution in [0.15, 0.2) is 36.4 Å². The summed E-state index contributed by atoms with van der Waals surface area (Å²) < 4.78 is 43.1. The zero-order chi connectivity index (χ0) is 15.6. The van der Waals surface area contributed by atoms with Crippen LogP contribution in [0.1, 0.15) is 11.1 Å². The number of nitriles is 1. The Hall–Kier alpha value is -1.90. The number of halogens is 5. The lowest BCUT2D eigenvalue weighted by atomic mass is 10.1. The van der Waals surface area contributed by atoms with Gasteiger partial charge in [-0.1, -0.05) is 29.3 Å². The van der Waals surface area contributed by atoms with Crippen molar-refractivity contribution in [2.45, 2.75) is 6.18 Å². The number of alkyl halides is 3. The zero-order valence-corrected chi connectivity index (χ0v) is 11.7. The van der Waals surface area contributed by atoms with Crippen molar-refractivity contribution in [2.75, 3.05) is 0 Å². The molecule has 0 aliphatic rings. The molecular weight excluding hydrogens is 326 g/mol. The predicted molar refractivity (Wildman–Crippen MR) is 72.7 cm³/mol. The highest BCUT2D eigenvalue weighted by Crippen LogP contribution is 2.37. The summed E-state index contributed by atoms with van der Waals surface area (Å²) in [6, 6.07) is 8.87. The molecule has 0 amide bonds. The summed E-state index contributed by atoms with van der Waals surface area (Å²) in [6.45, 7) is 0. The molecule has 0 fully saturated rings. The molecule has 0 N–H and O–H groups in total. The molecule has 21 heavy (non-hydrogen) atoms. The average Bonchev–Trinajstić information content (AvgIpc) is 2.43. The van der Waals surface area contributed by atoms with Crippen LogP contribution in [-0.4, -0.2) is 0 Å². The van der Waals surface area contributed by atoms with Crippen molar-refractivity contribution < 1.29 is 17.9 Å². The van der Waals surface area contributed by atoms with E-state index in [0.717, 1.165) is 12.1 Å². The van der Waals surface area contributed by atoms with Crippen LogP contribution in [0.25, 0.3) is 0 Å². The molecule has 0 spiro atoms. The largest absolute Gasteiger partial charge is 0.454 e. The second-order valence-corrected chi connectivity index (χ2v) is 4.76. The molecule has 0 aliphatic heterocycles. The van der Waals surface area contributed by atoms with Gasteiger partial charge in [0.1, 0.15) is 22.6 Å². The van der Waals surface area contributed by atoms with Crippen molar-refractivity contribution >= 4 is 23.2 Å². The summed E-state index contributed by atoms with van der Waals surface area (Å²) in [7, 11) is 0. The topological polar surface area (TPSA) is 33.0 Å². The monoisotopic (exact) mass is 331 g/mol. The van der Waals surface area contributed by atoms with E-state index < -0.39 is 11.7 Å². The number of benzene rings is 2. The van der Waals surface area contributed by atoms with E-state index in [1.165, 1.54) is 12.1 Å². The van der Waals surface area contributed by atoms with Crippen LogP contribution in [0.2, 0.25) is 10.0 Å². The lowest BCUT2D eigenvalue weighted by Gasteiger charge is -2.12. The van der Waals surface area contributed by atoms with Gasteiger partial charge in [-0.05, 0) is 30.3 Å². The molecule has 108 valence electrons. The number of rotatable bonds is 2. The standard InChI is InChI=1S/C14H6Cl2F3NO/c15-10-2-1-3-12(13(10)16)21-11-5-4-9(14(17,18)19)6-8(11)7-20/h1-6H. The summed E-state index contributed by atoms with van der Waals surface area (Å²) in [4.78, 5) is 0. The minimum Gasteiger partial charge on any atom is -0.454 e. The third-order valence-electron chi connectivity index (χ3n) is 2.56. The maximum absolute atomic E-state index is 12.6. The number of ether oxygens (including phenoxy) is 1. The lowest BCUT2D eigenvalue weighted by Crippen LogP contribution is -2.05. The molecule has 0 aromatic heterocycles. The van der Waals surface area contributed by atoms with Crippen LogP contribution in [0.5, 0.6) is 11.5 Å². The summed E-state index contributed by atoms with van der Waals surface area (Å²) in [5.41, 5.74) is -1.18. The molecule has 2 aromatic carbocycles. The van der Waals surface area contributed by atoms with E-state index >= 15 is 0 Å². The molecule has 0 saturated heterocycles. The van der Waals surface area contributed by atoms with Crippen LogP contribution in [0, 0.1) is 11.3 Å². The van der Waals surface area contributed by atoms with E-state index in [1.807, 2.05) is 0 Å². The van der Waals surface area contributed by atoms with Crippen molar-refractivity contribution in [3.63, 3.8) is 0 Å². The molecule has 2 aromatic rings. The van der Waals surface area contributed by atoms with Crippen LogP contribution >= 0.6 is 23.2 Å². The highest BCUT2D eigenvalue weighted by molar-refractivity contribution is 6.42. The maximum Gasteiger partial charge on any atom is 0.416 e. The number of hydrogen-bond donors (Lipinski definition) is 0. The second kappa shape index (κ2) is 5.84. The quantitative estimate of drug-likeness (QED) is 0.709. The van der Waals surface area contributed by atoms with Crippen molar-refractivity contribution in [1.82, 2.24) is 0 Å². The Morgan fingerprint density at radius 2 is 1.76 bits per heavy atom. The Kier molecular flexibility index (Phi) is 4.31. The highest BCUT2D eigenvalue weighted by atomic mass is 35.5. The van der Waals surface area contributed by atoms with Gasteiger partial charge in [0, 0.05) is 0 Å². The normalized spacial score (nSPS) is 11.0. The number of hydrogen-bond acceptors (Lipinski definition) is 2. The summed E-state index contributed by atoms with van der Waals surface area (Å²) in [5.74, 6) is 0.120. The average molecular weight is 332 g/mol.